The van der Waals surface area contributed by atoms with Gasteiger partial charge in [-0.25, -0.2) is 0 Å². The summed E-state index contributed by atoms with van der Waals surface area (Å²) in [6.07, 6.45) is 4.09. The van der Waals surface area contributed by atoms with Crippen LogP contribution in [0.3, 0.4) is 0 Å². The van der Waals surface area contributed by atoms with Crippen LogP contribution < -0.4 is 11.1 Å². The van der Waals surface area contributed by atoms with Crippen LogP contribution in [-0.2, 0) is 9.53 Å². The van der Waals surface area contributed by atoms with Crippen molar-refractivity contribution in [1.82, 2.24) is 5.32 Å². The van der Waals surface area contributed by atoms with Crippen LogP contribution in [0, 0.1) is 11.8 Å². The van der Waals surface area contributed by atoms with E-state index in [9.17, 15) is 4.79 Å². The molecule has 0 aromatic carbocycles. The van der Waals surface area contributed by atoms with Crippen LogP contribution >= 0.6 is 0 Å². The average Bonchev–Trinajstić information content (AvgIpc) is 2.67. The number of carbonyl (C=O) groups excluding carboxylic acids is 1. The Balaban J connectivity index is 2.36. The van der Waals surface area contributed by atoms with E-state index in [1.54, 1.807) is 7.11 Å². The highest BCUT2D eigenvalue weighted by Crippen LogP contribution is 2.33. The summed E-state index contributed by atoms with van der Waals surface area (Å²) in [5.41, 5.74) is 5.80. The highest BCUT2D eigenvalue weighted by molar-refractivity contribution is 5.81. The van der Waals surface area contributed by atoms with Gasteiger partial charge in [0.2, 0.25) is 5.91 Å². The van der Waals surface area contributed by atoms with E-state index in [1.807, 2.05) is 0 Å². The number of nitrogens with one attached hydrogen (secondary N) is 1. The van der Waals surface area contributed by atoms with Gasteiger partial charge in [-0.05, 0) is 31.1 Å². The molecule has 1 aliphatic rings. The lowest BCUT2D eigenvalue weighted by atomic mass is 9.93. The van der Waals surface area contributed by atoms with Gasteiger partial charge < -0.3 is 15.8 Å². The van der Waals surface area contributed by atoms with Crippen molar-refractivity contribution in [2.45, 2.75) is 51.6 Å². The van der Waals surface area contributed by atoms with Crippen molar-refractivity contribution in [2.75, 3.05) is 13.7 Å². The van der Waals surface area contributed by atoms with Crippen LogP contribution in [0.4, 0.5) is 0 Å². The van der Waals surface area contributed by atoms with Crippen LogP contribution in [0.25, 0.3) is 0 Å². The van der Waals surface area contributed by atoms with E-state index in [4.69, 9.17) is 10.5 Å². The molecular weight excluding hydrogens is 216 g/mol. The number of methoxy groups -OCH3 is 1. The van der Waals surface area contributed by atoms with Crippen LogP contribution in [-0.4, -0.2) is 31.7 Å². The zero-order valence-electron chi connectivity index (χ0n) is 11.2. The molecular formula is C13H26N2O2. The van der Waals surface area contributed by atoms with Gasteiger partial charge in [0.05, 0.1) is 6.04 Å². The minimum atomic E-state index is -0.442. The first-order valence-electron chi connectivity index (χ1n) is 6.65. The van der Waals surface area contributed by atoms with Crippen LogP contribution in [0.2, 0.25) is 0 Å². The Labute approximate surface area is 104 Å². The quantitative estimate of drug-likeness (QED) is 0.737. The predicted molar refractivity (Wildman–Crippen MR) is 68.6 cm³/mol. The van der Waals surface area contributed by atoms with Gasteiger partial charge in [-0.1, -0.05) is 20.3 Å². The fourth-order valence-corrected chi connectivity index (χ4v) is 2.69. The highest BCUT2D eigenvalue weighted by atomic mass is 16.5. The number of nitrogens with two attached hydrogens (primary N) is 1. The fourth-order valence-electron chi connectivity index (χ4n) is 2.69. The third-order valence-corrected chi connectivity index (χ3v) is 4.05. The molecule has 0 saturated heterocycles. The Morgan fingerprint density at radius 1 is 1.53 bits per heavy atom. The summed E-state index contributed by atoms with van der Waals surface area (Å²) >= 11 is 0. The standard InChI is InChI=1S/C13H26N2O2/c1-4-10-5-6-12(9(10)2)15-13(16)11(14)7-8-17-3/h9-12H,4-8,14H2,1-3H3,(H,15,16). The van der Waals surface area contributed by atoms with Crippen molar-refractivity contribution in [3.63, 3.8) is 0 Å². The second kappa shape index (κ2) is 6.97. The third kappa shape index (κ3) is 3.96. The Hall–Kier alpha value is -0.610. The first kappa shape index (κ1) is 14.5. The number of hydrogen-bond donors (Lipinski definition) is 2. The molecule has 0 bridgehead atoms. The minimum Gasteiger partial charge on any atom is -0.385 e. The second-order valence-electron chi connectivity index (χ2n) is 5.11. The van der Waals surface area contributed by atoms with Crippen molar-refractivity contribution >= 4 is 5.91 Å². The largest absolute Gasteiger partial charge is 0.385 e. The molecule has 0 aliphatic heterocycles. The molecule has 100 valence electrons. The van der Waals surface area contributed by atoms with Crippen molar-refractivity contribution < 1.29 is 9.53 Å². The molecule has 17 heavy (non-hydrogen) atoms. The summed E-state index contributed by atoms with van der Waals surface area (Å²) in [6, 6.07) is -0.135. The Kier molecular flexibility index (Phi) is 5.92. The number of ether oxygens (including phenoxy) is 1. The zero-order valence-corrected chi connectivity index (χ0v) is 11.2. The van der Waals surface area contributed by atoms with Crippen LogP contribution in [0.15, 0.2) is 0 Å². The van der Waals surface area contributed by atoms with Gasteiger partial charge in [0.1, 0.15) is 0 Å². The summed E-state index contributed by atoms with van der Waals surface area (Å²) in [5, 5.41) is 3.08. The molecule has 1 saturated carbocycles. The summed E-state index contributed by atoms with van der Waals surface area (Å²) in [7, 11) is 1.62. The lowest BCUT2D eigenvalue weighted by molar-refractivity contribution is -0.123. The fraction of sp³-hybridized carbons (Fsp3) is 0.923. The minimum absolute atomic E-state index is 0.0318. The van der Waals surface area contributed by atoms with Crippen molar-refractivity contribution in [3.8, 4) is 0 Å². The monoisotopic (exact) mass is 242 g/mol. The van der Waals surface area contributed by atoms with E-state index in [-0.39, 0.29) is 5.91 Å². The van der Waals surface area contributed by atoms with Gasteiger partial charge in [0, 0.05) is 19.8 Å². The van der Waals surface area contributed by atoms with E-state index in [2.05, 4.69) is 19.2 Å². The Morgan fingerprint density at radius 2 is 2.24 bits per heavy atom. The van der Waals surface area contributed by atoms with E-state index in [0.29, 0.717) is 25.0 Å². The highest BCUT2D eigenvalue weighted by Gasteiger charge is 2.33. The Morgan fingerprint density at radius 3 is 2.76 bits per heavy atom. The summed E-state index contributed by atoms with van der Waals surface area (Å²) in [4.78, 5) is 11.9. The molecule has 4 heteroatoms. The molecule has 0 aromatic rings. The van der Waals surface area contributed by atoms with E-state index < -0.39 is 6.04 Å². The van der Waals surface area contributed by atoms with E-state index in [1.165, 1.54) is 12.8 Å². The third-order valence-electron chi connectivity index (χ3n) is 4.05. The van der Waals surface area contributed by atoms with Crippen molar-refractivity contribution in [1.29, 1.82) is 0 Å². The lowest BCUT2D eigenvalue weighted by Gasteiger charge is -2.22. The van der Waals surface area contributed by atoms with Gasteiger partial charge in [-0.3, -0.25) is 4.79 Å². The number of hydrogen-bond acceptors (Lipinski definition) is 3. The predicted octanol–water partition coefficient (Wildman–Crippen LogP) is 1.29. The molecule has 1 aliphatic carbocycles. The van der Waals surface area contributed by atoms with Gasteiger partial charge in [0.15, 0.2) is 0 Å². The second-order valence-corrected chi connectivity index (χ2v) is 5.11. The molecule has 4 nitrogen and oxygen atoms in total. The van der Waals surface area contributed by atoms with Gasteiger partial charge in [0.25, 0.3) is 0 Å². The topological polar surface area (TPSA) is 64.4 Å². The van der Waals surface area contributed by atoms with Crippen LogP contribution in [0.5, 0.6) is 0 Å². The van der Waals surface area contributed by atoms with Gasteiger partial charge >= 0.3 is 0 Å². The first-order valence-corrected chi connectivity index (χ1v) is 6.65. The molecule has 1 amide bonds. The molecule has 4 unspecified atom stereocenters. The van der Waals surface area contributed by atoms with Crippen molar-refractivity contribution in [2.24, 2.45) is 17.6 Å². The summed E-state index contributed by atoms with van der Waals surface area (Å²) < 4.78 is 4.93. The summed E-state index contributed by atoms with van der Waals surface area (Å²) in [5.74, 6) is 1.28. The molecule has 0 spiro atoms. The maximum Gasteiger partial charge on any atom is 0.237 e. The zero-order chi connectivity index (χ0) is 12.8. The maximum atomic E-state index is 11.9. The molecule has 0 radical (unpaired) electrons. The molecule has 4 atom stereocenters. The lowest BCUT2D eigenvalue weighted by Crippen LogP contribution is -2.47. The molecule has 0 aromatic heterocycles. The number of carbonyl (C=O) groups is 1. The van der Waals surface area contributed by atoms with Crippen LogP contribution in [0.1, 0.15) is 39.5 Å². The SMILES string of the molecule is CCC1CCC(NC(=O)C(N)CCOC)C1C. The molecule has 3 N–H and O–H groups in total. The van der Waals surface area contributed by atoms with E-state index in [0.717, 1.165) is 12.3 Å². The van der Waals surface area contributed by atoms with Crippen molar-refractivity contribution in [3.05, 3.63) is 0 Å². The molecule has 1 rings (SSSR count). The first-order chi connectivity index (χ1) is 8.10. The number of amides is 1. The normalized spacial score (nSPS) is 30.2. The molecule has 0 heterocycles. The van der Waals surface area contributed by atoms with Gasteiger partial charge in [-0.15, -0.1) is 0 Å². The van der Waals surface area contributed by atoms with E-state index >= 15 is 0 Å². The molecule has 1 fully saturated rings. The Bertz CT molecular complexity index is 246. The number of rotatable bonds is 6. The van der Waals surface area contributed by atoms with Gasteiger partial charge in [-0.2, -0.15) is 0 Å². The summed E-state index contributed by atoms with van der Waals surface area (Å²) in [6.45, 7) is 4.98. The smallest absolute Gasteiger partial charge is 0.237 e. The maximum absolute atomic E-state index is 11.9. The average molecular weight is 242 g/mol.